The fourth-order valence-corrected chi connectivity index (χ4v) is 4.27. The van der Waals surface area contributed by atoms with E-state index in [0.29, 0.717) is 5.16 Å². The molecule has 0 spiro atoms. The van der Waals surface area contributed by atoms with E-state index >= 15 is 0 Å². The minimum atomic E-state index is -0.317. The summed E-state index contributed by atoms with van der Waals surface area (Å²) in [5.74, 6) is 0.712. The van der Waals surface area contributed by atoms with Gasteiger partial charge in [0.25, 0.3) is 0 Å². The second-order valence-corrected chi connectivity index (χ2v) is 9.82. The van der Waals surface area contributed by atoms with Crippen LogP contribution < -0.4 is 5.32 Å². The highest BCUT2D eigenvalue weighted by Crippen LogP contribution is 2.33. The van der Waals surface area contributed by atoms with Crippen molar-refractivity contribution in [3.05, 3.63) is 53.9 Å². The van der Waals surface area contributed by atoms with E-state index in [1.807, 2.05) is 39.8 Å². The summed E-state index contributed by atoms with van der Waals surface area (Å²) in [7, 11) is 0. The SMILES string of the molecule is CCc1cccc(CC)c1-n1c(SC(C)C(=O)NC(C)(C)C)nnc1-c1cccnc1. The quantitative estimate of drug-likeness (QED) is 0.535. The van der Waals surface area contributed by atoms with Crippen LogP contribution >= 0.6 is 11.8 Å². The lowest BCUT2D eigenvalue weighted by molar-refractivity contribution is -0.121. The molecule has 0 saturated carbocycles. The second-order valence-electron chi connectivity index (χ2n) is 8.51. The van der Waals surface area contributed by atoms with Crippen molar-refractivity contribution >= 4 is 17.7 Å². The Kier molecular flexibility index (Phi) is 7.15. The standard InChI is InChI=1S/C24H31N5OS/c1-7-17-11-9-12-18(8-2)20(17)29-21(19-13-10-14-25-15-19)27-28-23(29)31-16(3)22(30)26-24(4,5)6/h9-16H,7-8H2,1-6H3,(H,26,30). The predicted molar refractivity (Wildman–Crippen MR) is 127 cm³/mol. The molecule has 0 fully saturated rings. The van der Waals surface area contributed by atoms with E-state index in [2.05, 4.69) is 57.1 Å². The van der Waals surface area contributed by atoms with E-state index in [1.54, 1.807) is 12.4 Å². The number of aromatic nitrogens is 4. The number of pyridine rings is 1. The molecule has 164 valence electrons. The first-order valence-electron chi connectivity index (χ1n) is 10.7. The highest BCUT2D eigenvalue weighted by Gasteiger charge is 2.25. The normalized spacial score (nSPS) is 12.6. The van der Waals surface area contributed by atoms with Crippen LogP contribution in [0.4, 0.5) is 0 Å². The molecule has 2 aromatic heterocycles. The number of para-hydroxylation sites is 1. The Bertz CT molecular complexity index is 1020. The predicted octanol–water partition coefficient (Wildman–Crippen LogP) is 4.85. The van der Waals surface area contributed by atoms with Crippen LogP contribution in [0, 0.1) is 0 Å². The summed E-state index contributed by atoms with van der Waals surface area (Å²) in [5, 5.41) is 12.5. The maximum atomic E-state index is 12.7. The third-order valence-electron chi connectivity index (χ3n) is 4.89. The molecule has 1 atom stereocenters. The van der Waals surface area contributed by atoms with Gasteiger partial charge in [-0.1, -0.05) is 43.8 Å². The Morgan fingerprint density at radius 2 is 1.77 bits per heavy atom. The lowest BCUT2D eigenvalue weighted by atomic mass is 10.0. The molecule has 7 heteroatoms. The average Bonchev–Trinajstić information content (AvgIpc) is 3.15. The summed E-state index contributed by atoms with van der Waals surface area (Å²) in [6.45, 7) is 12.2. The van der Waals surface area contributed by atoms with Gasteiger partial charge in [-0.2, -0.15) is 0 Å². The van der Waals surface area contributed by atoms with Crippen molar-refractivity contribution in [3.63, 3.8) is 0 Å². The van der Waals surface area contributed by atoms with Gasteiger partial charge in [0.15, 0.2) is 11.0 Å². The van der Waals surface area contributed by atoms with Crippen LogP contribution in [0.5, 0.6) is 0 Å². The first-order chi connectivity index (χ1) is 14.7. The molecule has 1 unspecified atom stereocenters. The van der Waals surface area contributed by atoms with Gasteiger partial charge in [-0.15, -0.1) is 10.2 Å². The summed E-state index contributed by atoms with van der Waals surface area (Å²) >= 11 is 1.42. The minimum absolute atomic E-state index is 0.0190. The molecule has 1 aromatic carbocycles. The van der Waals surface area contributed by atoms with Crippen molar-refractivity contribution in [1.82, 2.24) is 25.1 Å². The number of benzene rings is 1. The maximum absolute atomic E-state index is 12.7. The smallest absolute Gasteiger partial charge is 0.233 e. The summed E-state index contributed by atoms with van der Waals surface area (Å²) in [6, 6.07) is 10.3. The third-order valence-corrected chi connectivity index (χ3v) is 5.93. The van der Waals surface area contributed by atoms with Gasteiger partial charge in [-0.3, -0.25) is 14.3 Å². The lowest BCUT2D eigenvalue weighted by Gasteiger charge is -2.23. The van der Waals surface area contributed by atoms with Gasteiger partial charge >= 0.3 is 0 Å². The summed E-state index contributed by atoms with van der Waals surface area (Å²) in [6.07, 6.45) is 5.32. The highest BCUT2D eigenvalue weighted by atomic mass is 32.2. The molecule has 3 rings (SSSR count). The van der Waals surface area contributed by atoms with Gasteiger partial charge in [-0.25, -0.2) is 0 Å². The van der Waals surface area contributed by atoms with E-state index in [9.17, 15) is 4.79 Å². The molecule has 0 aliphatic heterocycles. The van der Waals surface area contributed by atoms with E-state index in [0.717, 1.165) is 29.9 Å². The van der Waals surface area contributed by atoms with E-state index < -0.39 is 0 Å². The third kappa shape index (κ3) is 5.34. The van der Waals surface area contributed by atoms with Crippen LogP contribution in [0.15, 0.2) is 47.9 Å². The van der Waals surface area contributed by atoms with Gasteiger partial charge in [-0.05, 0) is 63.8 Å². The minimum Gasteiger partial charge on any atom is -0.351 e. The molecule has 1 amide bonds. The number of hydrogen-bond acceptors (Lipinski definition) is 5. The van der Waals surface area contributed by atoms with Crippen LogP contribution in [-0.4, -0.2) is 36.4 Å². The molecular formula is C24H31N5OS. The summed E-state index contributed by atoms with van der Waals surface area (Å²) in [5.41, 5.74) is 4.14. The van der Waals surface area contributed by atoms with E-state index in [-0.39, 0.29) is 16.7 Å². The number of carbonyl (C=O) groups excluding carboxylic acids is 1. The Morgan fingerprint density at radius 3 is 2.32 bits per heavy atom. The molecular weight excluding hydrogens is 406 g/mol. The van der Waals surface area contributed by atoms with Gasteiger partial charge in [0.2, 0.25) is 5.91 Å². The summed E-state index contributed by atoms with van der Waals surface area (Å²) in [4.78, 5) is 17.0. The second kappa shape index (κ2) is 9.64. The van der Waals surface area contributed by atoms with Gasteiger partial charge in [0.05, 0.1) is 10.9 Å². The zero-order valence-corrected chi connectivity index (χ0v) is 20.0. The van der Waals surface area contributed by atoms with Gasteiger partial charge in [0, 0.05) is 23.5 Å². The Hall–Kier alpha value is -2.67. The number of rotatable bonds is 7. The first-order valence-corrected chi connectivity index (χ1v) is 11.6. The van der Waals surface area contributed by atoms with Crippen molar-refractivity contribution in [2.24, 2.45) is 0 Å². The number of thioether (sulfide) groups is 1. The first kappa shape index (κ1) is 23.0. The van der Waals surface area contributed by atoms with Crippen LogP contribution in [0.2, 0.25) is 0 Å². The van der Waals surface area contributed by atoms with Gasteiger partial charge in [0.1, 0.15) is 0 Å². The molecule has 0 aliphatic carbocycles. The van der Waals surface area contributed by atoms with Gasteiger partial charge < -0.3 is 5.32 Å². The molecule has 0 bridgehead atoms. The fourth-order valence-electron chi connectivity index (χ4n) is 3.42. The average molecular weight is 438 g/mol. The molecule has 0 saturated heterocycles. The number of nitrogens with zero attached hydrogens (tertiary/aromatic N) is 4. The zero-order chi connectivity index (χ0) is 22.6. The molecule has 0 aliphatic rings. The van der Waals surface area contributed by atoms with Crippen LogP contribution in [0.25, 0.3) is 17.1 Å². The number of nitrogens with one attached hydrogen (secondary N) is 1. The zero-order valence-electron chi connectivity index (χ0n) is 19.1. The topological polar surface area (TPSA) is 72.7 Å². The summed E-state index contributed by atoms with van der Waals surface area (Å²) < 4.78 is 2.10. The molecule has 0 radical (unpaired) electrons. The number of aryl methyl sites for hydroxylation is 2. The van der Waals surface area contributed by atoms with Crippen LogP contribution in [0.3, 0.4) is 0 Å². The molecule has 2 heterocycles. The van der Waals surface area contributed by atoms with Crippen molar-refractivity contribution < 1.29 is 4.79 Å². The van der Waals surface area contributed by atoms with Crippen molar-refractivity contribution in [2.45, 2.75) is 70.3 Å². The van der Waals surface area contributed by atoms with Crippen molar-refractivity contribution in [2.75, 3.05) is 0 Å². The van der Waals surface area contributed by atoms with Crippen LogP contribution in [-0.2, 0) is 17.6 Å². The highest BCUT2D eigenvalue weighted by molar-refractivity contribution is 8.00. The van der Waals surface area contributed by atoms with E-state index in [1.165, 1.54) is 22.9 Å². The Morgan fingerprint density at radius 1 is 1.10 bits per heavy atom. The lowest BCUT2D eigenvalue weighted by Crippen LogP contribution is -2.44. The number of amides is 1. The number of hydrogen-bond donors (Lipinski definition) is 1. The maximum Gasteiger partial charge on any atom is 0.233 e. The van der Waals surface area contributed by atoms with Crippen LogP contribution in [0.1, 0.15) is 52.7 Å². The van der Waals surface area contributed by atoms with Crippen molar-refractivity contribution in [1.29, 1.82) is 0 Å². The Balaban J connectivity index is 2.13. The molecule has 6 nitrogen and oxygen atoms in total. The van der Waals surface area contributed by atoms with E-state index in [4.69, 9.17) is 0 Å². The molecule has 1 N–H and O–H groups in total. The Labute approximate surface area is 188 Å². The fraction of sp³-hybridized carbons (Fsp3) is 0.417. The molecule has 3 aromatic rings. The number of carbonyl (C=O) groups is 1. The monoisotopic (exact) mass is 437 g/mol. The largest absolute Gasteiger partial charge is 0.351 e. The van der Waals surface area contributed by atoms with Crippen molar-refractivity contribution in [3.8, 4) is 17.1 Å². The molecule has 31 heavy (non-hydrogen) atoms.